The van der Waals surface area contributed by atoms with Gasteiger partial charge in [-0.05, 0) is 37.2 Å². The molecule has 0 radical (unpaired) electrons. The highest BCUT2D eigenvalue weighted by Crippen LogP contribution is 2.14. The van der Waals surface area contributed by atoms with Crippen molar-refractivity contribution in [1.29, 1.82) is 0 Å². The molecule has 1 atom stereocenters. The van der Waals surface area contributed by atoms with Crippen LogP contribution in [0.4, 0.5) is 0 Å². The van der Waals surface area contributed by atoms with Gasteiger partial charge in [0.25, 0.3) is 0 Å². The number of carbonyl (C=O) groups is 2. The van der Waals surface area contributed by atoms with Crippen molar-refractivity contribution in [2.45, 2.75) is 25.8 Å². The highest BCUT2D eigenvalue weighted by Gasteiger charge is 2.20. The number of ether oxygens (including phenoxy) is 2. The van der Waals surface area contributed by atoms with Crippen LogP contribution in [-0.4, -0.2) is 38.6 Å². The molecule has 0 aromatic heterocycles. The van der Waals surface area contributed by atoms with E-state index in [4.69, 9.17) is 4.74 Å². The minimum atomic E-state index is -0.382. The van der Waals surface area contributed by atoms with Gasteiger partial charge in [-0.15, -0.1) is 0 Å². The first-order chi connectivity index (χ1) is 9.62. The van der Waals surface area contributed by atoms with Crippen LogP contribution in [0.1, 0.15) is 30.1 Å². The van der Waals surface area contributed by atoms with Gasteiger partial charge in [-0.3, -0.25) is 9.59 Å². The lowest BCUT2D eigenvalue weighted by molar-refractivity contribution is -0.140. The smallest absolute Gasteiger partial charge is 0.305 e. The van der Waals surface area contributed by atoms with Crippen LogP contribution >= 0.6 is 0 Å². The molecule has 110 valence electrons. The van der Waals surface area contributed by atoms with Crippen LogP contribution in [-0.2, 0) is 9.53 Å². The molecular formula is C15H21NO4. The fourth-order valence-corrected chi connectivity index (χ4v) is 1.89. The van der Waals surface area contributed by atoms with Crippen LogP contribution in [0.5, 0.6) is 5.75 Å². The summed E-state index contributed by atoms with van der Waals surface area (Å²) in [7, 11) is 2.92. The average molecular weight is 279 g/mol. The Kier molecular flexibility index (Phi) is 6.73. The molecule has 5 nitrogen and oxygen atoms in total. The van der Waals surface area contributed by atoms with Gasteiger partial charge >= 0.3 is 5.97 Å². The summed E-state index contributed by atoms with van der Waals surface area (Å²) in [5, 5.41) is 3.10. The van der Waals surface area contributed by atoms with Gasteiger partial charge in [0, 0.05) is 12.0 Å². The van der Waals surface area contributed by atoms with Crippen LogP contribution in [0.25, 0.3) is 0 Å². The van der Waals surface area contributed by atoms with E-state index >= 15 is 0 Å². The normalized spacial score (nSPS) is 11.8. The van der Waals surface area contributed by atoms with Crippen LogP contribution in [0, 0.1) is 0 Å². The molecule has 0 fully saturated rings. The summed E-state index contributed by atoms with van der Waals surface area (Å²) in [6.45, 7) is 2.58. The topological polar surface area (TPSA) is 64.6 Å². The van der Waals surface area contributed by atoms with Gasteiger partial charge in [0.2, 0.25) is 0 Å². The molecule has 1 unspecified atom stereocenters. The van der Waals surface area contributed by atoms with Crippen molar-refractivity contribution in [2.75, 3.05) is 20.8 Å². The van der Waals surface area contributed by atoms with Crippen molar-refractivity contribution in [2.24, 2.45) is 0 Å². The van der Waals surface area contributed by atoms with E-state index in [1.807, 2.05) is 6.92 Å². The monoisotopic (exact) mass is 279 g/mol. The molecule has 0 saturated heterocycles. The molecule has 0 saturated carbocycles. The lowest BCUT2D eigenvalue weighted by Gasteiger charge is -2.16. The molecular weight excluding hydrogens is 258 g/mol. The summed E-state index contributed by atoms with van der Waals surface area (Å²) in [5.74, 6) is 0.366. The number of benzene rings is 1. The number of likely N-dealkylation sites (N-methyl/N-ethyl adjacent to an activating group) is 1. The first-order valence-corrected chi connectivity index (χ1v) is 6.60. The molecule has 0 amide bonds. The van der Waals surface area contributed by atoms with Crippen molar-refractivity contribution < 1.29 is 19.1 Å². The largest absolute Gasteiger partial charge is 0.497 e. The van der Waals surface area contributed by atoms with Gasteiger partial charge in [0.1, 0.15) is 5.75 Å². The Morgan fingerprint density at radius 1 is 1.20 bits per heavy atom. The third-order valence-electron chi connectivity index (χ3n) is 3.01. The predicted octanol–water partition coefficient (Wildman–Crippen LogP) is 1.81. The molecule has 1 N–H and O–H groups in total. The molecule has 0 aliphatic rings. The maximum absolute atomic E-state index is 12.4. The van der Waals surface area contributed by atoms with Gasteiger partial charge < -0.3 is 14.8 Å². The van der Waals surface area contributed by atoms with Crippen LogP contribution in [0.2, 0.25) is 0 Å². The number of rotatable bonds is 8. The number of nitrogens with one attached hydrogen (secondary N) is 1. The van der Waals surface area contributed by atoms with E-state index in [1.54, 1.807) is 31.4 Å². The quantitative estimate of drug-likeness (QED) is 0.581. The van der Waals surface area contributed by atoms with Gasteiger partial charge in [0.15, 0.2) is 5.78 Å². The summed E-state index contributed by atoms with van der Waals surface area (Å²) in [5.41, 5.74) is 0.599. The predicted molar refractivity (Wildman–Crippen MR) is 76.0 cm³/mol. The Bertz CT molecular complexity index is 442. The second-order valence-electron chi connectivity index (χ2n) is 4.32. The lowest BCUT2D eigenvalue weighted by Crippen LogP contribution is -2.37. The Balaban J connectivity index is 2.73. The minimum Gasteiger partial charge on any atom is -0.497 e. The molecule has 1 aromatic rings. The molecule has 1 aromatic carbocycles. The number of methoxy groups -OCH3 is 2. The number of hydrogen-bond acceptors (Lipinski definition) is 5. The van der Waals surface area contributed by atoms with E-state index in [9.17, 15) is 9.59 Å². The first kappa shape index (κ1) is 16.2. The van der Waals surface area contributed by atoms with E-state index in [1.165, 1.54) is 7.11 Å². The second-order valence-corrected chi connectivity index (χ2v) is 4.32. The van der Waals surface area contributed by atoms with Crippen molar-refractivity contribution in [3.63, 3.8) is 0 Å². The van der Waals surface area contributed by atoms with Gasteiger partial charge in [-0.1, -0.05) is 6.92 Å². The molecule has 0 aliphatic heterocycles. The maximum Gasteiger partial charge on any atom is 0.305 e. The minimum absolute atomic E-state index is 0.0293. The summed E-state index contributed by atoms with van der Waals surface area (Å²) in [6, 6.07) is 6.56. The lowest BCUT2D eigenvalue weighted by atomic mass is 10.00. The van der Waals surface area contributed by atoms with Gasteiger partial charge in [0.05, 0.1) is 20.3 Å². The Morgan fingerprint density at radius 2 is 1.85 bits per heavy atom. The van der Waals surface area contributed by atoms with Crippen molar-refractivity contribution in [3.05, 3.63) is 29.8 Å². The zero-order valence-corrected chi connectivity index (χ0v) is 12.1. The number of hydrogen-bond donors (Lipinski definition) is 1. The zero-order chi connectivity index (χ0) is 15.0. The highest BCUT2D eigenvalue weighted by molar-refractivity contribution is 6.00. The maximum atomic E-state index is 12.4. The van der Waals surface area contributed by atoms with Crippen molar-refractivity contribution in [1.82, 2.24) is 5.32 Å². The van der Waals surface area contributed by atoms with E-state index in [2.05, 4.69) is 10.1 Å². The number of ketones is 1. The Morgan fingerprint density at radius 3 is 2.35 bits per heavy atom. The Hall–Kier alpha value is -1.88. The Labute approximate surface area is 119 Å². The molecule has 0 bridgehead atoms. The van der Waals surface area contributed by atoms with Crippen molar-refractivity contribution in [3.8, 4) is 5.75 Å². The summed E-state index contributed by atoms with van der Waals surface area (Å²) in [4.78, 5) is 23.6. The van der Waals surface area contributed by atoms with E-state index in [0.717, 1.165) is 0 Å². The first-order valence-electron chi connectivity index (χ1n) is 6.60. The molecule has 0 heterocycles. The van der Waals surface area contributed by atoms with Gasteiger partial charge in [-0.25, -0.2) is 0 Å². The number of Topliss-reactive ketones (excluding diaryl/α,β-unsaturated/α-hetero) is 1. The molecule has 0 aliphatic carbocycles. The zero-order valence-electron chi connectivity index (χ0n) is 12.1. The second kappa shape index (κ2) is 8.32. The number of carbonyl (C=O) groups excluding carboxylic acids is 2. The number of esters is 1. The third kappa shape index (κ3) is 4.66. The van der Waals surface area contributed by atoms with E-state index in [-0.39, 0.29) is 24.2 Å². The highest BCUT2D eigenvalue weighted by atomic mass is 16.5. The van der Waals surface area contributed by atoms with E-state index in [0.29, 0.717) is 24.3 Å². The van der Waals surface area contributed by atoms with Crippen LogP contribution in [0.15, 0.2) is 24.3 Å². The summed E-state index contributed by atoms with van der Waals surface area (Å²) in [6.07, 6.45) is 0.640. The fraction of sp³-hybridized carbons (Fsp3) is 0.467. The third-order valence-corrected chi connectivity index (χ3v) is 3.01. The molecule has 0 spiro atoms. The van der Waals surface area contributed by atoms with Crippen LogP contribution in [0.3, 0.4) is 0 Å². The van der Waals surface area contributed by atoms with E-state index < -0.39 is 0 Å². The molecule has 5 heteroatoms. The summed E-state index contributed by atoms with van der Waals surface area (Å²) >= 11 is 0. The summed E-state index contributed by atoms with van der Waals surface area (Å²) < 4.78 is 9.66. The van der Waals surface area contributed by atoms with Crippen molar-refractivity contribution >= 4 is 11.8 Å². The average Bonchev–Trinajstić information content (AvgIpc) is 2.50. The van der Waals surface area contributed by atoms with Crippen LogP contribution < -0.4 is 10.1 Å². The molecule has 1 rings (SSSR count). The standard InChI is InChI=1S/C15H21NO4/c1-4-16-13(9-10-14(17)20-3)15(18)11-5-7-12(19-2)8-6-11/h5-8,13,16H,4,9-10H2,1-3H3. The van der Waals surface area contributed by atoms with Gasteiger partial charge in [-0.2, -0.15) is 0 Å². The fourth-order valence-electron chi connectivity index (χ4n) is 1.89. The SMILES string of the molecule is CCNC(CCC(=O)OC)C(=O)c1ccc(OC)cc1. The molecule has 20 heavy (non-hydrogen) atoms.